The molecule has 182 valence electrons. The van der Waals surface area contributed by atoms with Crippen LogP contribution in [0.1, 0.15) is 31.1 Å². The maximum Gasteiger partial charge on any atom is 0.453 e. The zero-order chi connectivity index (χ0) is 24.7. The Bertz CT molecular complexity index is 1460. The number of likely N-dealkylation sites (tertiary alicyclic amines) is 1. The third-order valence-electron chi connectivity index (χ3n) is 6.42. The second-order valence-corrected chi connectivity index (χ2v) is 9.12. The van der Waals surface area contributed by atoms with Crippen LogP contribution in [-0.2, 0) is 12.7 Å². The maximum atomic E-state index is 14.1. The van der Waals surface area contributed by atoms with Crippen LogP contribution in [0.3, 0.4) is 0 Å². The van der Waals surface area contributed by atoms with E-state index in [0.29, 0.717) is 5.92 Å². The first kappa shape index (κ1) is 23.2. The Morgan fingerprint density at radius 1 is 1.11 bits per heavy atom. The third-order valence-corrected chi connectivity index (χ3v) is 6.42. The molecule has 0 saturated carbocycles. The number of alkyl halides is 3. The van der Waals surface area contributed by atoms with Crippen molar-refractivity contribution in [3.05, 3.63) is 76.1 Å². The normalized spacial score (nSPS) is 17.2. The fraction of sp³-hybridized carbons (Fsp3) is 0.296. The Morgan fingerprint density at radius 3 is 2.63 bits per heavy atom. The van der Waals surface area contributed by atoms with Crippen molar-refractivity contribution >= 4 is 21.7 Å². The predicted octanol–water partition coefficient (Wildman–Crippen LogP) is 6.69. The van der Waals surface area contributed by atoms with Crippen LogP contribution in [0.25, 0.3) is 21.7 Å². The van der Waals surface area contributed by atoms with E-state index in [4.69, 9.17) is 9.15 Å². The Labute approximate surface area is 199 Å². The molecule has 1 saturated heterocycles. The van der Waals surface area contributed by atoms with Crippen LogP contribution >= 0.6 is 0 Å². The molecule has 1 aromatic heterocycles. The number of nitrogens with zero attached hydrogens (tertiary/aromatic N) is 1. The predicted molar refractivity (Wildman–Crippen MR) is 127 cm³/mol. The first-order chi connectivity index (χ1) is 16.7. The Morgan fingerprint density at radius 2 is 1.89 bits per heavy atom. The summed E-state index contributed by atoms with van der Waals surface area (Å²) in [6.07, 6.45) is -2.96. The molecule has 0 aliphatic carbocycles. The van der Waals surface area contributed by atoms with E-state index in [0.717, 1.165) is 36.7 Å². The third kappa shape index (κ3) is 4.58. The molecule has 1 N–H and O–H groups in total. The fourth-order valence-electron chi connectivity index (χ4n) is 4.72. The van der Waals surface area contributed by atoms with E-state index in [2.05, 4.69) is 11.8 Å². The van der Waals surface area contributed by atoms with Gasteiger partial charge in [0.05, 0.1) is 10.9 Å². The smallest absolute Gasteiger partial charge is 0.453 e. The molecule has 1 aliphatic heterocycles. The Kier molecular flexibility index (Phi) is 5.92. The highest BCUT2D eigenvalue weighted by atomic mass is 19.4. The van der Waals surface area contributed by atoms with E-state index in [1.807, 2.05) is 12.1 Å². The molecule has 1 aliphatic rings. The zero-order valence-electron chi connectivity index (χ0n) is 19.1. The number of aromatic hydroxyl groups is 1. The van der Waals surface area contributed by atoms with Gasteiger partial charge in [0.25, 0.3) is 5.76 Å². The largest absolute Gasteiger partial charge is 0.507 e. The molecule has 0 radical (unpaired) electrons. The van der Waals surface area contributed by atoms with Gasteiger partial charge in [0.2, 0.25) is 11.2 Å². The van der Waals surface area contributed by atoms with Crippen LogP contribution in [0.5, 0.6) is 17.2 Å². The average molecular weight is 483 g/mol. The van der Waals surface area contributed by atoms with E-state index < -0.39 is 23.1 Å². The van der Waals surface area contributed by atoms with Crippen molar-refractivity contribution < 1.29 is 27.4 Å². The standard InChI is InChI=1S/C27H24F3NO4/c1-16-5-4-12-31(14-16)15-21-22(32)11-10-20-23(33)25(26(27(28,29)30)35-24(20)21)34-19-9-8-17-6-2-3-7-18(17)13-19/h2-3,6-11,13,16,32H,4-5,12,14-15H2,1H3. The lowest BCUT2D eigenvalue weighted by atomic mass is 9.99. The van der Waals surface area contributed by atoms with E-state index in [-0.39, 0.29) is 34.6 Å². The number of phenols is 1. The summed E-state index contributed by atoms with van der Waals surface area (Å²) in [6, 6.07) is 14.7. The minimum Gasteiger partial charge on any atom is -0.507 e. The molecule has 0 amide bonds. The van der Waals surface area contributed by atoms with Crippen LogP contribution in [0.15, 0.2) is 63.8 Å². The van der Waals surface area contributed by atoms with Crippen LogP contribution in [0, 0.1) is 5.92 Å². The number of phenolic OH excluding ortho intramolecular Hbond substituents is 1. The second kappa shape index (κ2) is 8.92. The molecular weight excluding hydrogens is 459 g/mol. The van der Waals surface area contributed by atoms with Gasteiger partial charge in [-0.25, -0.2) is 0 Å². The van der Waals surface area contributed by atoms with E-state index >= 15 is 0 Å². The lowest BCUT2D eigenvalue weighted by Gasteiger charge is -2.31. The lowest BCUT2D eigenvalue weighted by molar-refractivity contribution is -0.154. The van der Waals surface area contributed by atoms with Crippen LogP contribution < -0.4 is 10.2 Å². The van der Waals surface area contributed by atoms with Gasteiger partial charge in [0, 0.05) is 13.1 Å². The first-order valence-electron chi connectivity index (χ1n) is 11.5. The number of benzene rings is 3. The second-order valence-electron chi connectivity index (χ2n) is 9.12. The topological polar surface area (TPSA) is 62.9 Å². The van der Waals surface area contributed by atoms with Crippen molar-refractivity contribution in [2.45, 2.75) is 32.5 Å². The molecule has 5 nitrogen and oxygen atoms in total. The molecule has 5 rings (SSSR count). The van der Waals surface area contributed by atoms with Crippen LogP contribution in [0.2, 0.25) is 0 Å². The summed E-state index contributed by atoms with van der Waals surface area (Å²) in [4.78, 5) is 15.3. The summed E-state index contributed by atoms with van der Waals surface area (Å²) in [6.45, 7) is 3.78. The number of ether oxygens (including phenoxy) is 1. The summed E-state index contributed by atoms with van der Waals surface area (Å²) < 4.78 is 53.1. The van der Waals surface area contributed by atoms with Gasteiger partial charge in [-0.1, -0.05) is 37.3 Å². The van der Waals surface area contributed by atoms with Gasteiger partial charge in [-0.2, -0.15) is 13.2 Å². The van der Waals surface area contributed by atoms with Crippen LogP contribution in [0.4, 0.5) is 13.2 Å². The van der Waals surface area contributed by atoms with Crippen molar-refractivity contribution in [2.75, 3.05) is 13.1 Å². The van der Waals surface area contributed by atoms with E-state index in [9.17, 15) is 23.1 Å². The SMILES string of the molecule is CC1CCCN(Cc2c(O)ccc3c(=O)c(Oc4ccc5ccccc5c4)c(C(F)(F)F)oc23)C1. The minimum atomic E-state index is -4.98. The monoisotopic (exact) mass is 483 g/mol. The van der Waals surface area contributed by atoms with Gasteiger partial charge in [0.15, 0.2) is 0 Å². The van der Waals surface area contributed by atoms with Gasteiger partial charge in [-0.05, 0) is 60.3 Å². The van der Waals surface area contributed by atoms with Crippen molar-refractivity contribution in [3.8, 4) is 17.2 Å². The van der Waals surface area contributed by atoms with Crippen molar-refractivity contribution in [1.82, 2.24) is 4.90 Å². The number of hydrogen-bond acceptors (Lipinski definition) is 5. The highest BCUT2D eigenvalue weighted by Crippen LogP contribution is 2.40. The Balaban J connectivity index is 1.63. The molecular formula is C27H24F3NO4. The van der Waals surface area contributed by atoms with Gasteiger partial charge in [-0.15, -0.1) is 0 Å². The van der Waals surface area contributed by atoms with Gasteiger partial charge in [0.1, 0.15) is 17.1 Å². The quantitative estimate of drug-likeness (QED) is 0.350. The van der Waals surface area contributed by atoms with Crippen molar-refractivity contribution in [2.24, 2.45) is 5.92 Å². The van der Waals surface area contributed by atoms with Gasteiger partial charge in [-0.3, -0.25) is 9.69 Å². The Hall–Kier alpha value is -3.52. The molecule has 1 fully saturated rings. The molecule has 3 aromatic carbocycles. The average Bonchev–Trinajstić information content (AvgIpc) is 2.81. The molecule has 35 heavy (non-hydrogen) atoms. The van der Waals surface area contributed by atoms with E-state index in [1.54, 1.807) is 24.3 Å². The molecule has 4 aromatic rings. The lowest BCUT2D eigenvalue weighted by Crippen LogP contribution is -2.33. The zero-order valence-corrected chi connectivity index (χ0v) is 19.1. The number of rotatable bonds is 4. The number of piperidine rings is 1. The molecule has 1 unspecified atom stereocenters. The summed E-state index contributed by atoms with van der Waals surface area (Å²) in [5, 5.41) is 12.1. The molecule has 2 heterocycles. The summed E-state index contributed by atoms with van der Waals surface area (Å²) in [5.74, 6) is -2.15. The minimum absolute atomic E-state index is 0.0772. The number of halogens is 3. The van der Waals surface area contributed by atoms with Gasteiger partial charge >= 0.3 is 6.18 Å². The van der Waals surface area contributed by atoms with E-state index in [1.165, 1.54) is 18.2 Å². The van der Waals surface area contributed by atoms with Crippen molar-refractivity contribution in [1.29, 1.82) is 0 Å². The first-order valence-corrected chi connectivity index (χ1v) is 11.5. The van der Waals surface area contributed by atoms with Crippen LogP contribution in [-0.4, -0.2) is 23.1 Å². The maximum absolute atomic E-state index is 14.1. The van der Waals surface area contributed by atoms with Crippen molar-refractivity contribution in [3.63, 3.8) is 0 Å². The number of fused-ring (bicyclic) bond motifs is 2. The molecule has 0 bridgehead atoms. The highest BCUT2D eigenvalue weighted by molar-refractivity contribution is 5.85. The molecule has 8 heteroatoms. The molecule has 0 spiro atoms. The summed E-state index contributed by atoms with van der Waals surface area (Å²) in [5.41, 5.74) is -1.05. The van der Waals surface area contributed by atoms with Gasteiger partial charge < -0.3 is 14.3 Å². The summed E-state index contributed by atoms with van der Waals surface area (Å²) in [7, 11) is 0. The summed E-state index contributed by atoms with van der Waals surface area (Å²) >= 11 is 0. The fourth-order valence-corrected chi connectivity index (χ4v) is 4.72. The number of hydrogen-bond donors (Lipinski definition) is 1. The highest BCUT2D eigenvalue weighted by Gasteiger charge is 2.41. The molecule has 1 atom stereocenters.